The van der Waals surface area contributed by atoms with Gasteiger partial charge < -0.3 is 20.9 Å². The van der Waals surface area contributed by atoms with Gasteiger partial charge in [0.1, 0.15) is 5.70 Å². The zero-order valence-electron chi connectivity index (χ0n) is 26.5. The van der Waals surface area contributed by atoms with Crippen molar-refractivity contribution in [1.29, 1.82) is 0 Å². The van der Waals surface area contributed by atoms with Gasteiger partial charge in [-0.3, -0.25) is 14.4 Å². The SMILES string of the molecule is Cc1ccc(-c2nc(NC(=O)CSc3ccc(NC(=O)/C(=C/c4ccc(N(C)C)cc4)NC(=O)c4ccccc4)cc3)sc2C)cc1. The molecule has 5 aromatic rings. The van der Waals surface area contributed by atoms with Gasteiger partial charge in [0, 0.05) is 46.4 Å². The number of carbonyl (C=O) groups excluding carboxylic acids is 3. The van der Waals surface area contributed by atoms with Crippen LogP contribution in [-0.4, -0.2) is 42.6 Å². The fourth-order valence-corrected chi connectivity index (χ4v) is 6.09. The number of nitrogens with zero attached hydrogens (tertiary/aromatic N) is 2. The minimum Gasteiger partial charge on any atom is -0.378 e. The number of anilines is 3. The van der Waals surface area contributed by atoms with E-state index in [0.29, 0.717) is 16.4 Å². The van der Waals surface area contributed by atoms with Gasteiger partial charge in [-0.05, 0) is 74.0 Å². The zero-order valence-corrected chi connectivity index (χ0v) is 28.2. The maximum absolute atomic E-state index is 13.4. The third-order valence-corrected chi connectivity index (χ3v) is 9.00. The van der Waals surface area contributed by atoms with Crippen molar-refractivity contribution in [2.45, 2.75) is 18.7 Å². The number of rotatable bonds is 11. The van der Waals surface area contributed by atoms with E-state index < -0.39 is 5.91 Å². The maximum atomic E-state index is 13.4. The highest BCUT2D eigenvalue weighted by Gasteiger charge is 2.16. The Balaban J connectivity index is 1.20. The van der Waals surface area contributed by atoms with E-state index in [4.69, 9.17) is 0 Å². The van der Waals surface area contributed by atoms with E-state index in [9.17, 15) is 14.4 Å². The highest BCUT2D eigenvalue weighted by Crippen LogP contribution is 2.31. The van der Waals surface area contributed by atoms with Crippen molar-refractivity contribution in [3.05, 3.63) is 130 Å². The van der Waals surface area contributed by atoms with Crippen molar-refractivity contribution in [3.63, 3.8) is 0 Å². The molecule has 0 aliphatic rings. The summed E-state index contributed by atoms with van der Waals surface area (Å²) < 4.78 is 0. The first-order chi connectivity index (χ1) is 22.6. The van der Waals surface area contributed by atoms with Crippen molar-refractivity contribution in [2.75, 3.05) is 35.4 Å². The molecule has 0 atom stereocenters. The van der Waals surface area contributed by atoms with Crippen LogP contribution in [0.4, 0.5) is 16.5 Å². The van der Waals surface area contributed by atoms with Crippen LogP contribution in [0.25, 0.3) is 17.3 Å². The first-order valence-electron chi connectivity index (χ1n) is 14.9. The Labute approximate surface area is 282 Å². The molecule has 0 fully saturated rings. The Morgan fingerprint density at radius 3 is 2.17 bits per heavy atom. The van der Waals surface area contributed by atoms with E-state index in [-0.39, 0.29) is 23.3 Å². The van der Waals surface area contributed by atoms with Gasteiger partial charge in [-0.1, -0.05) is 60.2 Å². The molecule has 10 heteroatoms. The molecule has 0 radical (unpaired) electrons. The number of carbonyl (C=O) groups is 3. The summed E-state index contributed by atoms with van der Waals surface area (Å²) in [6.45, 7) is 4.04. The Morgan fingerprint density at radius 1 is 0.830 bits per heavy atom. The van der Waals surface area contributed by atoms with Crippen molar-refractivity contribution in [2.24, 2.45) is 0 Å². The summed E-state index contributed by atoms with van der Waals surface area (Å²) in [6.07, 6.45) is 1.64. The normalized spacial score (nSPS) is 11.1. The standard InChI is InChI=1S/C37H35N5O3S2/c1-24-10-14-27(15-11-24)34-25(2)47-37(41-34)40-33(43)23-46-31-20-16-29(17-21-31)38-36(45)32(39-35(44)28-8-6-5-7-9-28)22-26-12-18-30(19-13-26)42(3)4/h5-22H,23H2,1-4H3,(H,38,45)(H,39,44)(H,40,41,43)/b32-22-. The van der Waals surface area contributed by atoms with Gasteiger partial charge in [0.15, 0.2) is 5.13 Å². The number of aryl methyl sites for hydroxylation is 2. The van der Waals surface area contributed by atoms with E-state index >= 15 is 0 Å². The molecule has 5 rings (SSSR count). The molecule has 0 bridgehead atoms. The number of amides is 3. The van der Waals surface area contributed by atoms with Gasteiger partial charge in [0.05, 0.1) is 11.4 Å². The van der Waals surface area contributed by atoms with Crippen LogP contribution in [-0.2, 0) is 9.59 Å². The number of hydrogen-bond donors (Lipinski definition) is 3. The second-order valence-electron chi connectivity index (χ2n) is 11.0. The van der Waals surface area contributed by atoms with Crippen molar-refractivity contribution in [3.8, 4) is 11.3 Å². The van der Waals surface area contributed by atoms with Crippen LogP contribution >= 0.6 is 23.1 Å². The number of aromatic nitrogens is 1. The summed E-state index contributed by atoms with van der Waals surface area (Å²) in [4.78, 5) is 47.6. The smallest absolute Gasteiger partial charge is 0.272 e. The molecule has 1 aromatic heterocycles. The van der Waals surface area contributed by atoms with E-state index in [1.807, 2.05) is 99.6 Å². The summed E-state index contributed by atoms with van der Waals surface area (Å²) in [5, 5.41) is 9.11. The maximum Gasteiger partial charge on any atom is 0.272 e. The Kier molecular flexibility index (Phi) is 10.9. The molecular formula is C37H35N5O3S2. The van der Waals surface area contributed by atoms with Crippen LogP contribution in [0.15, 0.2) is 114 Å². The van der Waals surface area contributed by atoms with Crippen molar-refractivity contribution < 1.29 is 14.4 Å². The minimum absolute atomic E-state index is 0.106. The summed E-state index contributed by atoms with van der Waals surface area (Å²) in [6, 6.07) is 31.8. The molecule has 238 valence electrons. The average molecular weight is 662 g/mol. The molecule has 3 amide bonds. The van der Waals surface area contributed by atoms with Crippen LogP contribution in [0, 0.1) is 13.8 Å². The minimum atomic E-state index is -0.463. The van der Waals surface area contributed by atoms with Crippen LogP contribution in [0.3, 0.4) is 0 Å². The number of benzene rings is 4. The van der Waals surface area contributed by atoms with Gasteiger partial charge in [0.25, 0.3) is 11.8 Å². The Hall–Kier alpha value is -5.19. The highest BCUT2D eigenvalue weighted by atomic mass is 32.2. The summed E-state index contributed by atoms with van der Waals surface area (Å²) in [5.74, 6) is -0.801. The van der Waals surface area contributed by atoms with Crippen LogP contribution in [0.5, 0.6) is 0 Å². The molecular weight excluding hydrogens is 627 g/mol. The Morgan fingerprint density at radius 2 is 1.51 bits per heavy atom. The lowest BCUT2D eigenvalue weighted by atomic mass is 10.1. The molecule has 0 saturated heterocycles. The second kappa shape index (κ2) is 15.4. The predicted molar refractivity (Wildman–Crippen MR) is 194 cm³/mol. The van der Waals surface area contributed by atoms with Crippen LogP contribution < -0.4 is 20.9 Å². The zero-order chi connectivity index (χ0) is 33.3. The molecule has 1 heterocycles. The lowest BCUT2D eigenvalue weighted by Crippen LogP contribution is -2.30. The summed E-state index contributed by atoms with van der Waals surface area (Å²) >= 11 is 2.83. The quantitative estimate of drug-likeness (QED) is 0.0994. The largest absolute Gasteiger partial charge is 0.378 e. The number of hydrogen-bond acceptors (Lipinski definition) is 7. The Bertz CT molecular complexity index is 1880. The van der Waals surface area contributed by atoms with E-state index in [2.05, 4.69) is 20.9 Å². The molecule has 3 N–H and O–H groups in total. The van der Waals surface area contributed by atoms with Gasteiger partial charge >= 0.3 is 0 Å². The second-order valence-corrected chi connectivity index (χ2v) is 13.2. The van der Waals surface area contributed by atoms with Crippen LogP contribution in [0.2, 0.25) is 0 Å². The molecule has 4 aromatic carbocycles. The summed E-state index contributed by atoms with van der Waals surface area (Å²) in [7, 11) is 3.90. The average Bonchev–Trinajstić information content (AvgIpc) is 3.44. The van der Waals surface area contributed by atoms with E-state index in [1.165, 1.54) is 28.7 Å². The van der Waals surface area contributed by atoms with Crippen molar-refractivity contribution >= 4 is 63.4 Å². The summed E-state index contributed by atoms with van der Waals surface area (Å²) in [5.41, 5.74) is 5.94. The van der Waals surface area contributed by atoms with Gasteiger partial charge in [-0.2, -0.15) is 0 Å². The molecule has 47 heavy (non-hydrogen) atoms. The van der Waals surface area contributed by atoms with Gasteiger partial charge in [-0.15, -0.1) is 23.1 Å². The molecule has 0 unspecified atom stereocenters. The molecule has 0 aliphatic heterocycles. The third-order valence-electron chi connectivity index (χ3n) is 7.10. The van der Waals surface area contributed by atoms with E-state index in [1.54, 1.807) is 42.5 Å². The van der Waals surface area contributed by atoms with Crippen LogP contribution in [0.1, 0.15) is 26.4 Å². The third kappa shape index (κ3) is 9.18. The topological polar surface area (TPSA) is 103 Å². The number of thioether (sulfide) groups is 1. The monoisotopic (exact) mass is 661 g/mol. The first kappa shape index (κ1) is 33.2. The molecule has 0 spiro atoms. The van der Waals surface area contributed by atoms with Gasteiger partial charge in [0.2, 0.25) is 5.91 Å². The van der Waals surface area contributed by atoms with E-state index in [0.717, 1.165) is 32.3 Å². The number of nitrogens with one attached hydrogen (secondary N) is 3. The predicted octanol–water partition coefficient (Wildman–Crippen LogP) is 7.63. The molecule has 0 saturated carbocycles. The highest BCUT2D eigenvalue weighted by molar-refractivity contribution is 8.00. The fourth-order valence-electron chi connectivity index (χ4n) is 4.54. The lowest BCUT2D eigenvalue weighted by molar-refractivity contribution is -0.114. The number of thiazole rings is 1. The molecule has 8 nitrogen and oxygen atoms in total. The lowest BCUT2D eigenvalue weighted by Gasteiger charge is -2.13. The molecule has 0 aliphatic carbocycles. The first-order valence-corrected chi connectivity index (χ1v) is 16.7. The van der Waals surface area contributed by atoms with Crippen molar-refractivity contribution in [1.82, 2.24) is 10.3 Å². The fraction of sp³-hybridized carbons (Fsp3) is 0.135. The van der Waals surface area contributed by atoms with Gasteiger partial charge in [-0.25, -0.2) is 4.98 Å².